The Hall–Kier alpha value is -2.40. The number of benzene rings is 2. The molecule has 0 atom stereocenters. The van der Waals surface area contributed by atoms with Gasteiger partial charge in [0.2, 0.25) is 5.78 Å². The second-order valence-corrected chi connectivity index (χ2v) is 5.19. The minimum absolute atomic E-state index is 0.0540. The van der Waals surface area contributed by atoms with Crippen molar-refractivity contribution in [1.82, 2.24) is 4.98 Å². The van der Waals surface area contributed by atoms with Crippen molar-refractivity contribution in [1.29, 1.82) is 0 Å². The van der Waals surface area contributed by atoms with Crippen LogP contribution in [0.3, 0.4) is 0 Å². The monoisotopic (exact) mass is 301 g/mol. The molecular weight excluding hydrogens is 292 g/mol. The molecule has 0 aliphatic heterocycles. The zero-order valence-corrected chi connectivity index (χ0v) is 11.5. The number of carbonyl (C=O) groups is 1. The number of ketones is 1. The maximum absolute atomic E-state index is 13.7. The Balaban J connectivity index is 1.97. The third-order valence-electron chi connectivity index (χ3n) is 2.96. The van der Waals surface area contributed by atoms with Gasteiger partial charge in [0.25, 0.3) is 0 Å². The first-order valence-electron chi connectivity index (χ1n) is 6.16. The fraction of sp³-hybridized carbons (Fsp3) is 0. The van der Waals surface area contributed by atoms with E-state index in [1.54, 1.807) is 29.6 Å². The number of rotatable bonds is 3. The van der Waals surface area contributed by atoms with Crippen LogP contribution in [0, 0.1) is 11.6 Å². The van der Waals surface area contributed by atoms with Gasteiger partial charge in [-0.25, -0.2) is 13.8 Å². The third-order valence-corrected chi connectivity index (χ3v) is 3.80. The van der Waals surface area contributed by atoms with E-state index in [0.717, 1.165) is 17.4 Å². The molecule has 0 aliphatic carbocycles. The van der Waals surface area contributed by atoms with E-state index in [4.69, 9.17) is 0 Å². The molecule has 5 heteroatoms. The first-order valence-corrected chi connectivity index (χ1v) is 7.04. The van der Waals surface area contributed by atoms with Crippen molar-refractivity contribution in [2.75, 3.05) is 0 Å². The van der Waals surface area contributed by atoms with Crippen LogP contribution in [0.2, 0.25) is 0 Å². The molecule has 0 N–H and O–H groups in total. The number of halogens is 2. The Morgan fingerprint density at radius 1 is 1.00 bits per heavy atom. The molecule has 0 fully saturated rings. The van der Waals surface area contributed by atoms with Gasteiger partial charge in [0, 0.05) is 16.5 Å². The summed E-state index contributed by atoms with van der Waals surface area (Å²) < 4.78 is 27.0. The molecule has 0 aliphatic rings. The molecule has 0 spiro atoms. The Labute approximate surface area is 123 Å². The molecule has 3 rings (SSSR count). The number of hydrogen-bond acceptors (Lipinski definition) is 3. The summed E-state index contributed by atoms with van der Waals surface area (Å²) in [7, 11) is 0. The molecular formula is C16H9F2NOS. The summed E-state index contributed by atoms with van der Waals surface area (Å²) in [5, 5.41) is 1.80. The van der Waals surface area contributed by atoms with E-state index in [9.17, 15) is 13.6 Å². The topological polar surface area (TPSA) is 30.0 Å². The fourth-order valence-electron chi connectivity index (χ4n) is 1.92. The molecule has 104 valence electrons. The lowest BCUT2D eigenvalue weighted by Crippen LogP contribution is -2.00. The standard InChI is InChI=1S/C16H9F2NOS/c17-12-8-4-7-11(14(12)18)13-9-21-16(19-13)15(20)10-5-2-1-3-6-10/h1-9H. The predicted octanol–water partition coefficient (Wildman–Crippen LogP) is 4.32. The van der Waals surface area contributed by atoms with Crippen LogP contribution in [-0.4, -0.2) is 10.8 Å². The van der Waals surface area contributed by atoms with E-state index in [1.807, 2.05) is 6.07 Å². The van der Waals surface area contributed by atoms with Gasteiger partial charge in [0.1, 0.15) is 0 Å². The zero-order chi connectivity index (χ0) is 14.8. The van der Waals surface area contributed by atoms with Crippen molar-refractivity contribution < 1.29 is 13.6 Å². The van der Waals surface area contributed by atoms with Crippen LogP contribution in [0.5, 0.6) is 0 Å². The molecule has 0 saturated carbocycles. The van der Waals surface area contributed by atoms with E-state index in [0.29, 0.717) is 5.56 Å². The Bertz CT molecular complexity index is 799. The Kier molecular flexibility index (Phi) is 3.58. The highest BCUT2D eigenvalue weighted by atomic mass is 32.1. The van der Waals surface area contributed by atoms with Gasteiger partial charge in [-0.1, -0.05) is 36.4 Å². The van der Waals surface area contributed by atoms with Gasteiger partial charge in [-0.05, 0) is 12.1 Å². The SMILES string of the molecule is O=C(c1ccccc1)c1nc(-c2cccc(F)c2F)cs1. The van der Waals surface area contributed by atoms with Crippen molar-refractivity contribution >= 4 is 17.1 Å². The maximum atomic E-state index is 13.7. The minimum Gasteiger partial charge on any atom is -0.286 e. The highest BCUT2D eigenvalue weighted by Crippen LogP contribution is 2.26. The van der Waals surface area contributed by atoms with Crippen LogP contribution in [0.25, 0.3) is 11.3 Å². The van der Waals surface area contributed by atoms with Crippen LogP contribution < -0.4 is 0 Å². The number of thiazole rings is 1. The van der Waals surface area contributed by atoms with E-state index in [1.165, 1.54) is 12.1 Å². The van der Waals surface area contributed by atoms with Crippen molar-refractivity contribution in [3.63, 3.8) is 0 Å². The van der Waals surface area contributed by atoms with Crippen LogP contribution in [0.1, 0.15) is 15.4 Å². The first-order chi connectivity index (χ1) is 10.2. The molecule has 2 nitrogen and oxygen atoms in total. The summed E-state index contributed by atoms with van der Waals surface area (Å²) in [5.74, 6) is -2.12. The molecule has 21 heavy (non-hydrogen) atoms. The number of hydrogen-bond donors (Lipinski definition) is 0. The van der Waals surface area contributed by atoms with E-state index in [-0.39, 0.29) is 22.0 Å². The van der Waals surface area contributed by atoms with Crippen molar-refractivity contribution in [2.45, 2.75) is 0 Å². The summed E-state index contributed by atoms with van der Waals surface area (Å²) >= 11 is 1.11. The number of aromatic nitrogens is 1. The lowest BCUT2D eigenvalue weighted by molar-refractivity contribution is 0.103. The molecule has 1 heterocycles. The van der Waals surface area contributed by atoms with Gasteiger partial charge >= 0.3 is 0 Å². The van der Waals surface area contributed by atoms with E-state index in [2.05, 4.69) is 4.98 Å². The fourth-order valence-corrected chi connectivity index (χ4v) is 2.70. The smallest absolute Gasteiger partial charge is 0.221 e. The third kappa shape index (κ3) is 2.60. The van der Waals surface area contributed by atoms with Crippen molar-refractivity contribution in [3.05, 3.63) is 76.1 Å². The summed E-state index contributed by atoms with van der Waals surface area (Å²) in [4.78, 5) is 16.3. The average molecular weight is 301 g/mol. The molecule has 0 bridgehead atoms. The quantitative estimate of drug-likeness (QED) is 0.674. The molecule has 1 aromatic heterocycles. The molecule has 2 aromatic carbocycles. The lowest BCUT2D eigenvalue weighted by Gasteiger charge is -2.00. The highest BCUT2D eigenvalue weighted by Gasteiger charge is 2.17. The van der Waals surface area contributed by atoms with Gasteiger partial charge in [-0.15, -0.1) is 11.3 Å². The minimum atomic E-state index is -0.957. The van der Waals surface area contributed by atoms with E-state index >= 15 is 0 Å². The predicted molar refractivity (Wildman–Crippen MR) is 77.3 cm³/mol. The molecule has 0 radical (unpaired) electrons. The highest BCUT2D eigenvalue weighted by molar-refractivity contribution is 7.12. The van der Waals surface area contributed by atoms with Crippen molar-refractivity contribution in [3.8, 4) is 11.3 Å². The Morgan fingerprint density at radius 3 is 2.52 bits per heavy atom. The summed E-state index contributed by atoms with van der Waals surface area (Å²) in [6, 6.07) is 12.6. The van der Waals surface area contributed by atoms with Crippen LogP contribution >= 0.6 is 11.3 Å². The second-order valence-electron chi connectivity index (χ2n) is 4.33. The van der Waals surface area contributed by atoms with Gasteiger partial charge < -0.3 is 0 Å². The van der Waals surface area contributed by atoms with E-state index < -0.39 is 11.6 Å². The molecule has 0 saturated heterocycles. The van der Waals surface area contributed by atoms with Crippen LogP contribution in [0.15, 0.2) is 53.9 Å². The maximum Gasteiger partial charge on any atom is 0.221 e. The summed E-state index contributed by atoms with van der Waals surface area (Å²) in [5.41, 5.74) is 0.827. The van der Waals surface area contributed by atoms with Gasteiger partial charge in [-0.3, -0.25) is 4.79 Å². The zero-order valence-electron chi connectivity index (χ0n) is 10.7. The average Bonchev–Trinajstić information content (AvgIpc) is 3.00. The number of carbonyl (C=O) groups excluding carboxylic acids is 1. The molecule has 0 unspecified atom stereocenters. The van der Waals surface area contributed by atoms with Gasteiger partial charge in [-0.2, -0.15) is 0 Å². The summed E-state index contributed by atoms with van der Waals surface area (Å²) in [6.07, 6.45) is 0. The Morgan fingerprint density at radius 2 is 1.76 bits per heavy atom. The van der Waals surface area contributed by atoms with Crippen molar-refractivity contribution in [2.24, 2.45) is 0 Å². The normalized spacial score (nSPS) is 10.6. The molecule has 3 aromatic rings. The van der Waals surface area contributed by atoms with Crippen LogP contribution in [-0.2, 0) is 0 Å². The largest absolute Gasteiger partial charge is 0.286 e. The number of nitrogens with zero attached hydrogens (tertiary/aromatic N) is 1. The first kappa shape index (κ1) is 13.6. The van der Waals surface area contributed by atoms with Gasteiger partial charge in [0.05, 0.1) is 5.69 Å². The summed E-state index contributed by atoms with van der Waals surface area (Å²) in [6.45, 7) is 0. The van der Waals surface area contributed by atoms with Gasteiger partial charge in [0.15, 0.2) is 16.6 Å². The second kappa shape index (κ2) is 5.54. The lowest BCUT2D eigenvalue weighted by atomic mass is 10.1. The molecule has 0 amide bonds. The van der Waals surface area contributed by atoms with Crippen LogP contribution in [0.4, 0.5) is 8.78 Å².